The number of halogens is 2. The fraction of sp³-hybridized carbons (Fsp3) is 0.200. The summed E-state index contributed by atoms with van der Waals surface area (Å²) < 4.78 is 25.5. The first-order valence-corrected chi connectivity index (χ1v) is 4.56. The second-order valence-corrected chi connectivity index (χ2v) is 3.24. The summed E-state index contributed by atoms with van der Waals surface area (Å²) in [5, 5.41) is 12.9. The van der Waals surface area contributed by atoms with Crippen molar-refractivity contribution < 1.29 is 18.7 Å². The Hall–Kier alpha value is -1.98. The van der Waals surface area contributed by atoms with Crippen LogP contribution in [0.2, 0.25) is 0 Å². The minimum Gasteiger partial charge on any atom is -0.476 e. The second-order valence-electron chi connectivity index (χ2n) is 3.24. The maximum atomic E-state index is 12.3. The molecule has 16 heavy (non-hydrogen) atoms. The molecule has 0 spiro atoms. The molecular weight excluding hydrogens is 218 g/mol. The van der Waals surface area contributed by atoms with Gasteiger partial charge in [-0.1, -0.05) is 18.2 Å². The average molecular weight is 226 g/mol. The zero-order valence-corrected chi connectivity index (χ0v) is 8.10. The molecule has 0 saturated heterocycles. The first-order valence-electron chi connectivity index (χ1n) is 4.56. The Kier molecular flexibility index (Phi) is 2.55. The standard InChI is InChI=1S/C10H8F2N2O2/c11-8(12)5-14-7-4-2-1-3-6(7)9(13-14)10(15)16/h1-4,8H,5H2,(H,15,16). The molecule has 0 radical (unpaired) electrons. The maximum Gasteiger partial charge on any atom is 0.357 e. The van der Waals surface area contributed by atoms with E-state index in [9.17, 15) is 13.6 Å². The fourth-order valence-corrected chi connectivity index (χ4v) is 1.56. The summed E-state index contributed by atoms with van der Waals surface area (Å²) in [6.45, 7) is -0.603. The first-order chi connectivity index (χ1) is 7.59. The molecule has 0 bridgehead atoms. The van der Waals surface area contributed by atoms with Gasteiger partial charge in [0.15, 0.2) is 5.69 Å². The Bertz CT molecular complexity index is 537. The van der Waals surface area contributed by atoms with Crippen LogP contribution in [0.15, 0.2) is 24.3 Å². The molecule has 0 amide bonds. The molecule has 0 aliphatic rings. The molecule has 0 aliphatic heterocycles. The van der Waals surface area contributed by atoms with Gasteiger partial charge in [0.05, 0.1) is 5.52 Å². The van der Waals surface area contributed by atoms with E-state index >= 15 is 0 Å². The van der Waals surface area contributed by atoms with Gasteiger partial charge in [0.2, 0.25) is 0 Å². The van der Waals surface area contributed by atoms with Gasteiger partial charge >= 0.3 is 5.97 Å². The molecule has 1 aromatic carbocycles. The lowest BCUT2D eigenvalue weighted by molar-refractivity contribution is 0.0688. The van der Waals surface area contributed by atoms with Crippen molar-refractivity contribution in [2.45, 2.75) is 13.0 Å². The number of hydrogen-bond donors (Lipinski definition) is 1. The summed E-state index contributed by atoms with van der Waals surface area (Å²) in [7, 11) is 0. The van der Waals surface area contributed by atoms with Gasteiger partial charge in [-0.15, -0.1) is 0 Å². The van der Waals surface area contributed by atoms with Crippen LogP contribution in [0.1, 0.15) is 10.5 Å². The lowest BCUT2D eigenvalue weighted by Gasteiger charge is -2.00. The van der Waals surface area contributed by atoms with E-state index in [4.69, 9.17) is 5.11 Å². The highest BCUT2D eigenvalue weighted by Crippen LogP contribution is 2.19. The third kappa shape index (κ3) is 1.73. The summed E-state index contributed by atoms with van der Waals surface area (Å²) in [5.74, 6) is -1.22. The van der Waals surface area contributed by atoms with Crippen LogP contribution in [0.25, 0.3) is 10.9 Å². The van der Waals surface area contributed by atoms with Crippen molar-refractivity contribution in [1.82, 2.24) is 9.78 Å². The van der Waals surface area contributed by atoms with E-state index in [1.165, 1.54) is 0 Å². The van der Waals surface area contributed by atoms with E-state index in [1.807, 2.05) is 0 Å². The smallest absolute Gasteiger partial charge is 0.357 e. The predicted molar refractivity (Wildman–Crippen MR) is 52.7 cm³/mol. The number of para-hydroxylation sites is 1. The molecule has 0 aliphatic carbocycles. The van der Waals surface area contributed by atoms with E-state index in [2.05, 4.69) is 5.10 Å². The predicted octanol–water partition coefficient (Wildman–Crippen LogP) is 2.00. The van der Waals surface area contributed by atoms with Crippen LogP contribution in [-0.2, 0) is 6.54 Å². The molecule has 0 unspecified atom stereocenters. The Morgan fingerprint density at radius 2 is 2.12 bits per heavy atom. The molecule has 6 heteroatoms. The van der Waals surface area contributed by atoms with Crippen molar-refractivity contribution in [3.8, 4) is 0 Å². The number of hydrogen-bond acceptors (Lipinski definition) is 2. The number of carbonyl (C=O) groups is 1. The van der Waals surface area contributed by atoms with Crippen LogP contribution in [0.5, 0.6) is 0 Å². The first kappa shape index (κ1) is 10.5. The monoisotopic (exact) mass is 226 g/mol. The van der Waals surface area contributed by atoms with Gasteiger partial charge in [0.1, 0.15) is 6.54 Å². The largest absolute Gasteiger partial charge is 0.476 e. The summed E-state index contributed by atoms with van der Waals surface area (Å²) in [6.07, 6.45) is -2.56. The molecule has 1 N–H and O–H groups in total. The molecule has 84 valence electrons. The zero-order chi connectivity index (χ0) is 11.7. The van der Waals surface area contributed by atoms with Gasteiger partial charge in [-0.25, -0.2) is 13.6 Å². The number of benzene rings is 1. The van der Waals surface area contributed by atoms with E-state index in [1.54, 1.807) is 24.3 Å². The van der Waals surface area contributed by atoms with Gasteiger partial charge < -0.3 is 5.11 Å². The summed E-state index contributed by atoms with van der Waals surface area (Å²) in [6, 6.07) is 6.41. The number of rotatable bonds is 3. The average Bonchev–Trinajstić information content (AvgIpc) is 2.57. The molecule has 4 nitrogen and oxygen atoms in total. The van der Waals surface area contributed by atoms with Crippen molar-refractivity contribution in [1.29, 1.82) is 0 Å². The molecule has 1 heterocycles. The van der Waals surface area contributed by atoms with Gasteiger partial charge in [0.25, 0.3) is 6.43 Å². The quantitative estimate of drug-likeness (QED) is 0.870. The van der Waals surface area contributed by atoms with Crippen molar-refractivity contribution in [3.63, 3.8) is 0 Å². The molecule has 0 fully saturated rings. The van der Waals surface area contributed by atoms with E-state index in [-0.39, 0.29) is 5.69 Å². The summed E-state index contributed by atoms with van der Waals surface area (Å²) in [4.78, 5) is 10.9. The summed E-state index contributed by atoms with van der Waals surface area (Å²) in [5.41, 5.74) is 0.205. The van der Waals surface area contributed by atoms with E-state index in [0.717, 1.165) is 4.68 Å². The normalized spacial score (nSPS) is 11.2. The second kappa shape index (κ2) is 3.88. The Morgan fingerprint density at radius 3 is 2.75 bits per heavy atom. The number of carboxylic acids is 1. The Balaban J connectivity index is 2.62. The molecule has 2 rings (SSSR count). The van der Waals surface area contributed by atoms with Crippen LogP contribution in [-0.4, -0.2) is 27.3 Å². The van der Waals surface area contributed by atoms with Gasteiger partial charge in [-0.2, -0.15) is 5.10 Å². The molecule has 1 aromatic heterocycles. The minimum atomic E-state index is -2.56. The lowest BCUT2D eigenvalue weighted by atomic mass is 10.2. The number of alkyl halides is 2. The van der Waals surface area contributed by atoms with E-state index in [0.29, 0.717) is 10.9 Å². The number of carboxylic acid groups (broad SMARTS) is 1. The van der Waals surface area contributed by atoms with Crippen LogP contribution in [0, 0.1) is 0 Å². The number of fused-ring (bicyclic) bond motifs is 1. The van der Waals surface area contributed by atoms with Crippen LogP contribution in [0.4, 0.5) is 8.78 Å². The highest BCUT2D eigenvalue weighted by atomic mass is 19.3. The Labute approximate surface area is 89.1 Å². The summed E-state index contributed by atoms with van der Waals surface area (Å²) >= 11 is 0. The van der Waals surface area contributed by atoms with Crippen molar-refractivity contribution in [2.75, 3.05) is 0 Å². The number of aromatic nitrogens is 2. The molecule has 0 atom stereocenters. The molecule has 2 aromatic rings. The van der Waals surface area contributed by atoms with Gasteiger partial charge in [0, 0.05) is 5.39 Å². The number of aromatic carboxylic acids is 1. The van der Waals surface area contributed by atoms with Crippen molar-refractivity contribution in [2.24, 2.45) is 0 Å². The third-order valence-electron chi connectivity index (χ3n) is 2.17. The van der Waals surface area contributed by atoms with Crippen LogP contribution >= 0.6 is 0 Å². The van der Waals surface area contributed by atoms with Gasteiger partial charge in [-0.3, -0.25) is 4.68 Å². The Morgan fingerprint density at radius 1 is 1.44 bits per heavy atom. The molecular formula is C10H8F2N2O2. The zero-order valence-electron chi connectivity index (χ0n) is 8.10. The maximum absolute atomic E-state index is 12.3. The number of nitrogens with zero attached hydrogens (tertiary/aromatic N) is 2. The third-order valence-corrected chi connectivity index (χ3v) is 2.17. The topological polar surface area (TPSA) is 55.1 Å². The van der Waals surface area contributed by atoms with Crippen molar-refractivity contribution in [3.05, 3.63) is 30.0 Å². The van der Waals surface area contributed by atoms with Crippen LogP contribution in [0.3, 0.4) is 0 Å². The SMILES string of the molecule is O=C(O)c1nn(CC(F)F)c2ccccc12. The van der Waals surface area contributed by atoms with Gasteiger partial charge in [-0.05, 0) is 6.07 Å². The van der Waals surface area contributed by atoms with Crippen molar-refractivity contribution >= 4 is 16.9 Å². The molecule has 0 saturated carbocycles. The van der Waals surface area contributed by atoms with E-state index < -0.39 is 18.9 Å². The highest BCUT2D eigenvalue weighted by Gasteiger charge is 2.17. The fourth-order valence-electron chi connectivity index (χ4n) is 1.56. The lowest BCUT2D eigenvalue weighted by Crippen LogP contribution is -2.09. The highest BCUT2D eigenvalue weighted by molar-refractivity contribution is 6.01. The minimum absolute atomic E-state index is 0.198. The van der Waals surface area contributed by atoms with Crippen LogP contribution < -0.4 is 0 Å².